The SMILES string of the molecule is CC1CCC(NS(=O)(=O)c2ccc(=O)[nH]c2)C1. The van der Waals surface area contributed by atoms with Crippen LogP contribution in [0.4, 0.5) is 0 Å². The molecule has 2 atom stereocenters. The molecule has 1 aliphatic rings. The van der Waals surface area contributed by atoms with E-state index < -0.39 is 10.0 Å². The second-order valence-electron chi connectivity index (χ2n) is 4.63. The molecule has 1 aliphatic carbocycles. The van der Waals surface area contributed by atoms with Gasteiger partial charge in [0.05, 0.1) is 4.90 Å². The summed E-state index contributed by atoms with van der Waals surface area (Å²) in [4.78, 5) is 13.3. The summed E-state index contributed by atoms with van der Waals surface area (Å²) < 4.78 is 26.6. The molecule has 1 fully saturated rings. The molecular weight excluding hydrogens is 240 g/mol. The highest BCUT2D eigenvalue weighted by Crippen LogP contribution is 2.25. The maximum Gasteiger partial charge on any atom is 0.247 e. The summed E-state index contributed by atoms with van der Waals surface area (Å²) >= 11 is 0. The van der Waals surface area contributed by atoms with Gasteiger partial charge in [-0.3, -0.25) is 4.79 Å². The molecule has 2 N–H and O–H groups in total. The fraction of sp³-hybridized carbons (Fsp3) is 0.545. The third-order valence-corrected chi connectivity index (χ3v) is 4.60. The number of H-pyrrole nitrogens is 1. The van der Waals surface area contributed by atoms with E-state index in [1.807, 2.05) is 0 Å². The van der Waals surface area contributed by atoms with Gasteiger partial charge in [0.1, 0.15) is 0 Å². The first-order chi connectivity index (χ1) is 7.97. The Bertz CT molecular complexity index is 530. The Labute approximate surface area is 100 Å². The number of aromatic nitrogens is 1. The lowest BCUT2D eigenvalue weighted by Gasteiger charge is -2.12. The molecule has 5 nitrogen and oxygen atoms in total. The van der Waals surface area contributed by atoms with E-state index in [1.54, 1.807) is 0 Å². The molecule has 6 heteroatoms. The van der Waals surface area contributed by atoms with Gasteiger partial charge in [-0.15, -0.1) is 0 Å². The van der Waals surface area contributed by atoms with Crippen LogP contribution in [0.3, 0.4) is 0 Å². The summed E-state index contributed by atoms with van der Waals surface area (Å²) in [6.07, 6.45) is 4.04. The van der Waals surface area contributed by atoms with Crippen molar-refractivity contribution in [1.29, 1.82) is 0 Å². The number of sulfonamides is 1. The van der Waals surface area contributed by atoms with Gasteiger partial charge in [0.15, 0.2) is 0 Å². The lowest BCUT2D eigenvalue weighted by molar-refractivity contribution is 0.538. The lowest BCUT2D eigenvalue weighted by atomic mass is 10.1. The molecule has 0 amide bonds. The molecule has 0 spiro atoms. The average molecular weight is 256 g/mol. The molecule has 1 heterocycles. The van der Waals surface area contributed by atoms with Gasteiger partial charge < -0.3 is 4.98 Å². The predicted octanol–water partition coefficient (Wildman–Crippen LogP) is 0.842. The van der Waals surface area contributed by atoms with Crippen molar-refractivity contribution >= 4 is 10.0 Å². The molecule has 2 unspecified atom stereocenters. The van der Waals surface area contributed by atoms with Crippen LogP contribution >= 0.6 is 0 Å². The van der Waals surface area contributed by atoms with E-state index in [-0.39, 0.29) is 16.5 Å². The first kappa shape index (κ1) is 12.3. The van der Waals surface area contributed by atoms with Crippen molar-refractivity contribution in [2.75, 3.05) is 0 Å². The molecule has 94 valence electrons. The third-order valence-electron chi connectivity index (χ3n) is 3.08. The first-order valence-corrected chi connectivity index (χ1v) is 7.17. The van der Waals surface area contributed by atoms with Gasteiger partial charge in [-0.05, 0) is 31.2 Å². The van der Waals surface area contributed by atoms with Gasteiger partial charge in [-0.2, -0.15) is 0 Å². The van der Waals surface area contributed by atoms with E-state index in [9.17, 15) is 13.2 Å². The molecule has 0 aliphatic heterocycles. The van der Waals surface area contributed by atoms with Crippen molar-refractivity contribution in [2.45, 2.75) is 37.1 Å². The van der Waals surface area contributed by atoms with Crippen LogP contribution in [-0.4, -0.2) is 19.4 Å². The second-order valence-corrected chi connectivity index (χ2v) is 6.34. The number of hydrogen-bond acceptors (Lipinski definition) is 3. The molecule has 1 aromatic heterocycles. The maximum absolute atomic E-state index is 12.0. The van der Waals surface area contributed by atoms with Gasteiger partial charge in [0, 0.05) is 18.3 Å². The Morgan fingerprint density at radius 2 is 2.12 bits per heavy atom. The van der Waals surface area contributed by atoms with E-state index >= 15 is 0 Å². The molecule has 1 aromatic rings. The standard InChI is InChI=1S/C11H16N2O3S/c1-8-2-3-9(6-8)13-17(15,16)10-4-5-11(14)12-7-10/h4-5,7-9,13H,2-3,6H2,1H3,(H,12,14). The van der Waals surface area contributed by atoms with Crippen LogP contribution in [0.25, 0.3) is 0 Å². The minimum Gasteiger partial charge on any atom is -0.328 e. The lowest BCUT2D eigenvalue weighted by Crippen LogP contribution is -2.33. The quantitative estimate of drug-likeness (QED) is 0.841. The van der Waals surface area contributed by atoms with Gasteiger partial charge in [0.25, 0.3) is 0 Å². The minimum atomic E-state index is -3.50. The predicted molar refractivity (Wildman–Crippen MR) is 64.2 cm³/mol. The monoisotopic (exact) mass is 256 g/mol. The van der Waals surface area contributed by atoms with Crippen LogP contribution in [0, 0.1) is 5.92 Å². The zero-order chi connectivity index (χ0) is 12.5. The molecule has 0 radical (unpaired) electrons. The van der Waals surface area contributed by atoms with Crippen LogP contribution in [0.5, 0.6) is 0 Å². The minimum absolute atomic E-state index is 0.0157. The molecule has 0 aromatic carbocycles. The van der Waals surface area contributed by atoms with Gasteiger partial charge in [-0.1, -0.05) is 6.92 Å². The Morgan fingerprint density at radius 1 is 1.35 bits per heavy atom. The van der Waals surface area contributed by atoms with E-state index in [0.29, 0.717) is 5.92 Å². The molecule has 17 heavy (non-hydrogen) atoms. The largest absolute Gasteiger partial charge is 0.328 e. The average Bonchev–Trinajstić information content (AvgIpc) is 2.63. The second kappa shape index (κ2) is 4.62. The Hall–Kier alpha value is -1.14. The maximum atomic E-state index is 12.0. The van der Waals surface area contributed by atoms with Crippen LogP contribution < -0.4 is 10.3 Å². The van der Waals surface area contributed by atoms with Gasteiger partial charge in [-0.25, -0.2) is 13.1 Å². The van der Waals surface area contributed by atoms with Crippen molar-refractivity contribution in [1.82, 2.24) is 9.71 Å². The summed E-state index contributed by atoms with van der Waals surface area (Å²) in [5, 5.41) is 0. The van der Waals surface area contributed by atoms with Crippen molar-refractivity contribution in [3.05, 3.63) is 28.7 Å². The number of nitrogens with one attached hydrogen (secondary N) is 2. The molecule has 1 saturated carbocycles. The van der Waals surface area contributed by atoms with Crippen molar-refractivity contribution < 1.29 is 8.42 Å². The third kappa shape index (κ3) is 2.95. The van der Waals surface area contributed by atoms with Crippen molar-refractivity contribution in [2.24, 2.45) is 5.92 Å². The van der Waals surface area contributed by atoms with Crippen molar-refractivity contribution in [3.63, 3.8) is 0 Å². The van der Waals surface area contributed by atoms with Crippen molar-refractivity contribution in [3.8, 4) is 0 Å². The van der Waals surface area contributed by atoms with E-state index in [0.717, 1.165) is 19.3 Å². The highest BCUT2D eigenvalue weighted by Gasteiger charge is 2.26. The summed E-state index contributed by atoms with van der Waals surface area (Å²) in [5.41, 5.74) is -0.307. The fourth-order valence-electron chi connectivity index (χ4n) is 2.17. The van der Waals surface area contributed by atoms with Gasteiger partial charge in [0.2, 0.25) is 15.6 Å². The molecule has 2 rings (SSSR count). The van der Waals surface area contributed by atoms with Crippen LogP contribution in [0.15, 0.2) is 28.0 Å². The summed E-state index contributed by atoms with van der Waals surface area (Å²) in [6.45, 7) is 2.12. The zero-order valence-corrected chi connectivity index (χ0v) is 10.5. The van der Waals surface area contributed by atoms with Crippen LogP contribution in [0.2, 0.25) is 0 Å². The van der Waals surface area contributed by atoms with Crippen LogP contribution in [0.1, 0.15) is 26.2 Å². The Kier molecular flexibility index (Phi) is 3.35. The Morgan fingerprint density at radius 3 is 2.65 bits per heavy atom. The number of hydrogen-bond donors (Lipinski definition) is 2. The van der Waals surface area contributed by atoms with E-state index in [1.165, 1.54) is 18.3 Å². The number of rotatable bonds is 3. The fourth-order valence-corrected chi connectivity index (χ4v) is 3.42. The normalized spacial score (nSPS) is 25.0. The highest BCUT2D eigenvalue weighted by molar-refractivity contribution is 7.89. The first-order valence-electron chi connectivity index (χ1n) is 5.68. The summed E-state index contributed by atoms with van der Waals surface area (Å²) in [7, 11) is -3.50. The Balaban J connectivity index is 2.14. The topological polar surface area (TPSA) is 79.0 Å². The number of aromatic amines is 1. The molecule has 0 saturated heterocycles. The van der Waals surface area contributed by atoms with E-state index in [2.05, 4.69) is 16.6 Å². The summed E-state index contributed by atoms with van der Waals surface area (Å²) in [5.74, 6) is 0.568. The highest BCUT2D eigenvalue weighted by atomic mass is 32.2. The van der Waals surface area contributed by atoms with Gasteiger partial charge >= 0.3 is 0 Å². The van der Waals surface area contributed by atoms with E-state index in [4.69, 9.17) is 0 Å². The number of pyridine rings is 1. The summed E-state index contributed by atoms with van der Waals surface area (Å²) in [6, 6.07) is 2.55. The smallest absolute Gasteiger partial charge is 0.247 e. The zero-order valence-electron chi connectivity index (χ0n) is 9.64. The molecule has 0 bridgehead atoms. The molecular formula is C11H16N2O3S. The van der Waals surface area contributed by atoms with Crippen LogP contribution in [-0.2, 0) is 10.0 Å².